The molecule has 0 bridgehead atoms. The van der Waals surface area contributed by atoms with E-state index in [4.69, 9.17) is 4.74 Å². The van der Waals surface area contributed by atoms with Crippen molar-refractivity contribution in [3.05, 3.63) is 28.2 Å². The first-order valence-electron chi connectivity index (χ1n) is 6.23. The molecule has 1 N–H and O–H groups in total. The highest BCUT2D eigenvalue weighted by Crippen LogP contribution is 2.20. The monoisotopic (exact) mass is 313 g/mol. The van der Waals surface area contributed by atoms with Crippen LogP contribution in [0.4, 0.5) is 5.69 Å². The molecule has 3 nitrogen and oxygen atoms in total. The number of amides is 1. The summed E-state index contributed by atoms with van der Waals surface area (Å²) >= 11 is 3.40. The Balaban J connectivity index is 2.53. The van der Waals surface area contributed by atoms with Crippen molar-refractivity contribution in [3.8, 4) is 0 Å². The molecular weight excluding hydrogens is 294 g/mol. The number of hydrogen-bond acceptors (Lipinski definition) is 2. The molecule has 0 saturated carbocycles. The van der Waals surface area contributed by atoms with E-state index in [1.54, 1.807) is 6.92 Å². The smallest absolute Gasteiger partial charge is 0.253 e. The first-order chi connectivity index (χ1) is 8.54. The number of carbonyl (C=O) groups excluding carboxylic acids is 1. The van der Waals surface area contributed by atoms with Crippen LogP contribution >= 0.6 is 15.9 Å². The van der Waals surface area contributed by atoms with Gasteiger partial charge in [-0.25, -0.2) is 0 Å². The third kappa shape index (κ3) is 4.78. The number of rotatable bonds is 6. The molecule has 0 aromatic heterocycles. The fourth-order valence-corrected chi connectivity index (χ4v) is 1.96. The molecule has 0 radical (unpaired) electrons. The average Bonchev–Trinajstić information content (AvgIpc) is 2.32. The Morgan fingerprint density at radius 2 is 2.22 bits per heavy atom. The van der Waals surface area contributed by atoms with Crippen LogP contribution in [-0.2, 0) is 9.53 Å². The summed E-state index contributed by atoms with van der Waals surface area (Å²) < 4.78 is 6.46. The first kappa shape index (κ1) is 15.2. The Hall–Kier alpha value is -0.870. The molecule has 0 spiro atoms. The fraction of sp³-hybridized carbons (Fsp3) is 0.500. The first-order valence-corrected chi connectivity index (χ1v) is 7.02. The second-order valence-electron chi connectivity index (χ2n) is 4.32. The summed E-state index contributed by atoms with van der Waals surface area (Å²) in [5, 5.41) is 2.88. The number of unbranched alkanes of at least 4 members (excludes halogenated alkanes) is 1. The van der Waals surface area contributed by atoms with Crippen LogP contribution < -0.4 is 5.32 Å². The van der Waals surface area contributed by atoms with Gasteiger partial charge in [0.05, 0.1) is 0 Å². The van der Waals surface area contributed by atoms with E-state index in [1.165, 1.54) is 0 Å². The zero-order chi connectivity index (χ0) is 13.5. The van der Waals surface area contributed by atoms with Gasteiger partial charge in [-0.05, 0) is 44.0 Å². The molecule has 18 heavy (non-hydrogen) atoms. The molecule has 0 unspecified atom stereocenters. The number of ether oxygens (including phenoxy) is 1. The van der Waals surface area contributed by atoms with E-state index in [0.29, 0.717) is 6.61 Å². The van der Waals surface area contributed by atoms with E-state index in [0.717, 1.165) is 28.6 Å². The lowest BCUT2D eigenvalue weighted by atomic mass is 10.2. The van der Waals surface area contributed by atoms with Gasteiger partial charge in [0.2, 0.25) is 0 Å². The summed E-state index contributed by atoms with van der Waals surface area (Å²) in [4.78, 5) is 11.9. The summed E-state index contributed by atoms with van der Waals surface area (Å²) in [6, 6.07) is 5.76. The van der Waals surface area contributed by atoms with Crippen LogP contribution in [0.3, 0.4) is 0 Å². The van der Waals surface area contributed by atoms with Gasteiger partial charge >= 0.3 is 0 Å². The highest BCUT2D eigenvalue weighted by atomic mass is 79.9. The van der Waals surface area contributed by atoms with E-state index in [1.807, 2.05) is 25.1 Å². The Labute approximate surface area is 117 Å². The van der Waals surface area contributed by atoms with Crippen molar-refractivity contribution in [3.63, 3.8) is 0 Å². The second kappa shape index (κ2) is 7.54. The lowest BCUT2D eigenvalue weighted by molar-refractivity contribution is -0.126. The normalized spacial score (nSPS) is 12.2. The molecule has 0 fully saturated rings. The number of carbonyl (C=O) groups is 1. The molecule has 0 saturated heterocycles. The third-order valence-electron chi connectivity index (χ3n) is 2.68. The van der Waals surface area contributed by atoms with Crippen molar-refractivity contribution < 1.29 is 9.53 Å². The Kier molecular flexibility index (Phi) is 6.36. The van der Waals surface area contributed by atoms with Crippen molar-refractivity contribution in [2.24, 2.45) is 0 Å². The van der Waals surface area contributed by atoms with Crippen molar-refractivity contribution in [1.82, 2.24) is 0 Å². The number of aryl methyl sites for hydroxylation is 1. The van der Waals surface area contributed by atoms with Crippen LogP contribution in [0, 0.1) is 6.92 Å². The lowest BCUT2D eigenvalue weighted by Crippen LogP contribution is -2.28. The van der Waals surface area contributed by atoms with Gasteiger partial charge in [0.1, 0.15) is 6.10 Å². The van der Waals surface area contributed by atoms with E-state index >= 15 is 0 Å². The molecule has 100 valence electrons. The minimum atomic E-state index is -0.417. The van der Waals surface area contributed by atoms with Crippen LogP contribution in [0.25, 0.3) is 0 Å². The summed E-state index contributed by atoms with van der Waals surface area (Å²) in [6.07, 6.45) is 1.63. The SMILES string of the molecule is CCCCO[C@H](C)C(=O)Nc1ccc(Br)cc1C. The molecule has 0 aliphatic heterocycles. The van der Waals surface area contributed by atoms with Gasteiger partial charge in [-0.15, -0.1) is 0 Å². The fourth-order valence-electron chi connectivity index (χ4n) is 1.48. The van der Waals surface area contributed by atoms with Gasteiger partial charge in [0, 0.05) is 16.8 Å². The van der Waals surface area contributed by atoms with E-state index in [9.17, 15) is 4.79 Å². The highest BCUT2D eigenvalue weighted by Gasteiger charge is 2.14. The molecule has 0 heterocycles. The molecule has 1 aromatic carbocycles. The number of anilines is 1. The summed E-state index contributed by atoms with van der Waals surface area (Å²) in [5.74, 6) is -0.100. The van der Waals surface area contributed by atoms with E-state index in [-0.39, 0.29) is 5.91 Å². The summed E-state index contributed by atoms with van der Waals surface area (Å²) in [6.45, 7) is 6.46. The van der Waals surface area contributed by atoms with Gasteiger partial charge in [0.15, 0.2) is 0 Å². The maximum Gasteiger partial charge on any atom is 0.253 e. The average molecular weight is 314 g/mol. The minimum Gasteiger partial charge on any atom is -0.369 e. The van der Waals surface area contributed by atoms with Crippen LogP contribution in [0.1, 0.15) is 32.3 Å². The summed E-state index contributed by atoms with van der Waals surface area (Å²) in [5.41, 5.74) is 1.85. The zero-order valence-corrected chi connectivity index (χ0v) is 12.7. The van der Waals surface area contributed by atoms with Gasteiger partial charge in [-0.3, -0.25) is 4.79 Å². The molecular formula is C14H20BrNO2. The Morgan fingerprint density at radius 3 is 2.83 bits per heavy atom. The summed E-state index contributed by atoms with van der Waals surface area (Å²) in [7, 11) is 0. The van der Waals surface area contributed by atoms with Crippen LogP contribution in [0.2, 0.25) is 0 Å². The molecule has 1 amide bonds. The number of nitrogens with one attached hydrogen (secondary N) is 1. The van der Waals surface area contributed by atoms with E-state index < -0.39 is 6.10 Å². The molecule has 1 atom stereocenters. The zero-order valence-electron chi connectivity index (χ0n) is 11.1. The van der Waals surface area contributed by atoms with Gasteiger partial charge < -0.3 is 10.1 Å². The van der Waals surface area contributed by atoms with Crippen molar-refractivity contribution >= 4 is 27.5 Å². The third-order valence-corrected chi connectivity index (χ3v) is 3.17. The molecule has 1 rings (SSSR count). The maximum atomic E-state index is 11.9. The Morgan fingerprint density at radius 1 is 1.50 bits per heavy atom. The predicted molar refractivity (Wildman–Crippen MR) is 77.8 cm³/mol. The van der Waals surface area contributed by atoms with Gasteiger partial charge in [-0.1, -0.05) is 29.3 Å². The molecule has 1 aromatic rings. The predicted octanol–water partition coefficient (Wildman–Crippen LogP) is 3.90. The highest BCUT2D eigenvalue weighted by molar-refractivity contribution is 9.10. The standard InChI is InChI=1S/C14H20BrNO2/c1-4-5-8-18-11(3)14(17)16-13-7-6-12(15)9-10(13)2/h6-7,9,11H,4-5,8H2,1-3H3,(H,16,17)/t11-/m1/s1. The topological polar surface area (TPSA) is 38.3 Å². The quantitative estimate of drug-likeness (QED) is 0.809. The number of hydrogen-bond donors (Lipinski definition) is 1. The van der Waals surface area contributed by atoms with Crippen molar-refractivity contribution in [2.45, 2.75) is 39.7 Å². The number of benzene rings is 1. The second-order valence-corrected chi connectivity index (χ2v) is 5.23. The number of halogens is 1. The van der Waals surface area contributed by atoms with Gasteiger partial charge in [0.25, 0.3) is 5.91 Å². The van der Waals surface area contributed by atoms with Gasteiger partial charge in [-0.2, -0.15) is 0 Å². The van der Waals surface area contributed by atoms with Crippen molar-refractivity contribution in [2.75, 3.05) is 11.9 Å². The van der Waals surface area contributed by atoms with Crippen LogP contribution in [0.15, 0.2) is 22.7 Å². The van der Waals surface area contributed by atoms with Crippen LogP contribution in [-0.4, -0.2) is 18.6 Å². The van der Waals surface area contributed by atoms with Crippen molar-refractivity contribution in [1.29, 1.82) is 0 Å². The molecule has 0 aliphatic rings. The van der Waals surface area contributed by atoms with E-state index in [2.05, 4.69) is 28.2 Å². The molecule has 4 heteroatoms. The lowest BCUT2D eigenvalue weighted by Gasteiger charge is -2.14. The molecule has 0 aliphatic carbocycles. The minimum absolute atomic E-state index is 0.100. The van der Waals surface area contributed by atoms with Crippen LogP contribution in [0.5, 0.6) is 0 Å². The Bertz CT molecular complexity index is 407. The maximum absolute atomic E-state index is 11.9. The largest absolute Gasteiger partial charge is 0.369 e.